The summed E-state index contributed by atoms with van der Waals surface area (Å²) >= 11 is 0. The van der Waals surface area contributed by atoms with Crippen LogP contribution in [-0.4, -0.2) is 36.2 Å². The summed E-state index contributed by atoms with van der Waals surface area (Å²) in [4.78, 5) is 10.9. The number of nitrogens with one attached hydrogen (secondary N) is 2. The van der Waals surface area contributed by atoms with E-state index in [0.717, 1.165) is 31.9 Å². The smallest absolute Gasteiger partial charge is 0.340 e. The molecule has 0 aliphatic heterocycles. The van der Waals surface area contributed by atoms with E-state index in [-0.39, 0.29) is 16.0 Å². The number of hydrogen-bond donors (Lipinski definition) is 3. The normalized spacial score (nSPS) is 17.9. The van der Waals surface area contributed by atoms with Crippen molar-refractivity contribution in [1.29, 1.82) is 0 Å². The summed E-state index contributed by atoms with van der Waals surface area (Å²) in [5.41, 5.74) is -0.317. The third kappa shape index (κ3) is 2.64. The molecule has 2 rings (SSSR count). The first-order chi connectivity index (χ1) is 8.90. The minimum atomic E-state index is -3.86. The van der Waals surface area contributed by atoms with Crippen molar-refractivity contribution in [3.63, 3.8) is 0 Å². The van der Waals surface area contributed by atoms with Gasteiger partial charge in [-0.15, -0.1) is 0 Å². The zero-order valence-corrected chi connectivity index (χ0v) is 11.5. The van der Waals surface area contributed by atoms with Gasteiger partial charge >= 0.3 is 5.97 Å². The molecule has 8 heteroatoms. The van der Waals surface area contributed by atoms with Crippen LogP contribution in [0.4, 0.5) is 0 Å². The Morgan fingerprint density at radius 3 is 2.74 bits per heavy atom. The van der Waals surface area contributed by atoms with Gasteiger partial charge in [0.2, 0.25) is 0 Å². The van der Waals surface area contributed by atoms with Gasteiger partial charge in [0.15, 0.2) is 5.03 Å². The molecule has 0 saturated heterocycles. The quantitative estimate of drug-likeness (QED) is 0.721. The molecular weight excluding hydrogens is 270 g/mol. The van der Waals surface area contributed by atoms with Gasteiger partial charge in [-0.1, -0.05) is 13.3 Å². The van der Waals surface area contributed by atoms with Gasteiger partial charge in [0.25, 0.3) is 10.0 Å². The van der Waals surface area contributed by atoms with E-state index in [4.69, 9.17) is 5.11 Å². The number of nitrogens with zero attached hydrogens (tertiary/aromatic N) is 1. The molecule has 1 saturated carbocycles. The molecule has 0 bridgehead atoms. The maximum atomic E-state index is 12.1. The Labute approximate surface area is 111 Å². The van der Waals surface area contributed by atoms with Gasteiger partial charge in [0.1, 0.15) is 5.56 Å². The van der Waals surface area contributed by atoms with Crippen molar-refractivity contribution in [3.8, 4) is 0 Å². The lowest BCUT2D eigenvalue weighted by molar-refractivity contribution is 0.0692. The van der Waals surface area contributed by atoms with Crippen molar-refractivity contribution >= 4 is 16.0 Å². The predicted molar refractivity (Wildman–Crippen MR) is 67.3 cm³/mol. The molecule has 0 radical (unpaired) electrons. The van der Waals surface area contributed by atoms with Crippen LogP contribution < -0.4 is 4.72 Å². The van der Waals surface area contributed by atoms with Crippen LogP contribution in [-0.2, 0) is 10.0 Å². The molecule has 0 aromatic carbocycles. The molecule has 0 atom stereocenters. The summed E-state index contributed by atoms with van der Waals surface area (Å²) in [6.07, 6.45) is 5.02. The average Bonchev–Trinajstić information content (AvgIpc) is 2.77. The summed E-state index contributed by atoms with van der Waals surface area (Å²) in [5.74, 6) is -1.32. The Morgan fingerprint density at radius 2 is 2.26 bits per heavy atom. The number of H-pyrrole nitrogens is 1. The zero-order valence-electron chi connectivity index (χ0n) is 10.6. The molecule has 0 amide bonds. The third-order valence-electron chi connectivity index (χ3n) is 3.90. The van der Waals surface area contributed by atoms with Crippen LogP contribution in [0.2, 0.25) is 0 Å². The van der Waals surface area contributed by atoms with Gasteiger partial charge < -0.3 is 5.11 Å². The maximum Gasteiger partial charge on any atom is 0.340 e. The van der Waals surface area contributed by atoms with Crippen LogP contribution in [0, 0.1) is 5.41 Å². The summed E-state index contributed by atoms with van der Waals surface area (Å²) in [5, 5.41) is 14.2. The van der Waals surface area contributed by atoms with Crippen molar-refractivity contribution < 1.29 is 18.3 Å². The number of carboxylic acids is 1. The molecule has 1 heterocycles. The van der Waals surface area contributed by atoms with Gasteiger partial charge in [0, 0.05) is 6.54 Å². The Bertz CT molecular complexity index is 569. The highest BCUT2D eigenvalue weighted by Gasteiger charge is 2.36. The number of rotatable bonds is 6. The number of carboxylic acid groups (broad SMARTS) is 1. The largest absolute Gasteiger partial charge is 0.478 e. The second-order valence-corrected chi connectivity index (χ2v) is 6.65. The summed E-state index contributed by atoms with van der Waals surface area (Å²) in [7, 11) is -3.86. The van der Waals surface area contributed by atoms with Crippen LogP contribution >= 0.6 is 0 Å². The maximum absolute atomic E-state index is 12.1. The number of hydrogen-bond acceptors (Lipinski definition) is 4. The molecule has 3 N–H and O–H groups in total. The van der Waals surface area contributed by atoms with E-state index in [1.165, 1.54) is 0 Å². The van der Waals surface area contributed by atoms with Crippen LogP contribution in [0.1, 0.15) is 43.0 Å². The van der Waals surface area contributed by atoms with Crippen LogP contribution in [0.3, 0.4) is 0 Å². The minimum Gasteiger partial charge on any atom is -0.478 e. The summed E-state index contributed by atoms with van der Waals surface area (Å²) < 4.78 is 26.6. The molecule has 1 aliphatic carbocycles. The minimum absolute atomic E-state index is 0.0243. The fourth-order valence-corrected chi connectivity index (χ4v) is 3.53. The highest BCUT2D eigenvalue weighted by atomic mass is 32.2. The van der Waals surface area contributed by atoms with Crippen LogP contribution in [0.15, 0.2) is 11.2 Å². The lowest BCUT2D eigenvalue weighted by Gasteiger charge is -2.41. The molecule has 19 heavy (non-hydrogen) atoms. The highest BCUT2D eigenvalue weighted by Crippen LogP contribution is 2.43. The van der Waals surface area contributed by atoms with Crippen molar-refractivity contribution in [2.75, 3.05) is 6.54 Å². The fraction of sp³-hybridized carbons (Fsp3) is 0.636. The molecule has 0 unspecified atom stereocenters. The Hall–Kier alpha value is -1.41. The van der Waals surface area contributed by atoms with E-state index in [1.807, 2.05) is 6.92 Å². The van der Waals surface area contributed by atoms with Crippen molar-refractivity contribution in [2.45, 2.75) is 37.6 Å². The topological polar surface area (TPSA) is 112 Å². The van der Waals surface area contributed by atoms with E-state index in [1.54, 1.807) is 0 Å². The Balaban J connectivity index is 2.14. The molecule has 1 aliphatic rings. The average molecular weight is 287 g/mol. The van der Waals surface area contributed by atoms with E-state index in [9.17, 15) is 13.2 Å². The van der Waals surface area contributed by atoms with Gasteiger partial charge in [-0.25, -0.2) is 17.9 Å². The standard InChI is InChI=1S/C11H17N3O4S/c1-2-11(4-3-5-11)7-13-19(17,18)9-8(10(15)16)6-12-14-9/h6,13H,2-5,7H2,1H3,(H,12,14)(H,15,16). The van der Waals surface area contributed by atoms with Crippen molar-refractivity contribution in [1.82, 2.24) is 14.9 Å². The lowest BCUT2D eigenvalue weighted by Crippen LogP contribution is -2.42. The molecule has 0 spiro atoms. The van der Waals surface area contributed by atoms with E-state index < -0.39 is 16.0 Å². The Kier molecular flexibility index (Phi) is 3.64. The monoisotopic (exact) mass is 287 g/mol. The second kappa shape index (κ2) is 4.93. The van der Waals surface area contributed by atoms with E-state index in [0.29, 0.717) is 6.54 Å². The Morgan fingerprint density at radius 1 is 1.58 bits per heavy atom. The summed E-state index contributed by atoms with van der Waals surface area (Å²) in [6, 6.07) is 0. The van der Waals surface area contributed by atoms with Crippen molar-refractivity contribution in [3.05, 3.63) is 11.8 Å². The van der Waals surface area contributed by atoms with Crippen molar-refractivity contribution in [2.24, 2.45) is 5.41 Å². The summed E-state index contributed by atoms with van der Waals surface area (Å²) in [6.45, 7) is 2.37. The molecular formula is C11H17N3O4S. The first-order valence-corrected chi connectivity index (χ1v) is 7.65. The highest BCUT2D eigenvalue weighted by molar-refractivity contribution is 7.89. The molecule has 1 aromatic rings. The molecule has 1 aromatic heterocycles. The fourth-order valence-electron chi connectivity index (χ4n) is 2.28. The molecule has 106 valence electrons. The van der Waals surface area contributed by atoms with Gasteiger partial charge in [-0.3, -0.25) is 5.10 Å². The number of aromatic carboxylic acids is 1. The SMILES string of the molecule is CCC1(CNS(=O)(=O)c2[nH]ncc2C(=O)O)CCC1. The van der Waals surface area contributed by atoms with E-state index >= 15 is 0 Å². The molecule has 1 fully saturated rings. The van der Waals surface area contributed by atoms with Crippen LogP contribution in [0.25, 0.3) is 0 Å². The number of aromatic amines is 1. The second-order valence-electron chi connectivity index (χ2n) is 4.95. The molecule has 7 nitrogen and oxygen atoms in total. The number of carbonyl (C=O) groups is 1. The van der Waals surface area contributed by atoms with Gasteiger partial charge in [-0.2, -0.15) is 5.10 Å². The van der Waals surface area contributed by atoms with E-state index in [2.05, 4.69) is 14.9 Å². The van der Waals surface area contributed by atoms with Crippen LogP contribution in [0.5, 0.6) is 0 Å². The van der Waals surface area contributed by atoms with Gasteiger partial charge in [-0.05, 0) is 24.7 Å². The first kappa shape index (κ1) is 14.0. The lowest BCUT2D eigenvalue weighted by atomic mass is 9.67. The zero-order chi connectivity index (χ0) is 14.1. The number of aromatic nitrogens is 2. The third-order valence-corrected chi connectivity index (χ3v) is 5.28. The first-order valence-electron chi connectivity index (χ1n) is 6.16. The number of sulfonamides is 1. The predicted octanol–water partition coefficient (Wildman–Crippen LogP) is 0.966. The van der Waals surface area contributed by atoms with Gasteiger partial charge in [0.05, 0.1) is 6.20 Å².